The van der Waals surface area contributed by atoms with E-state index in [2.05, 4.69) is 12.1 Å². The molecule has 26 heavy (non-hydrogen) atoms. The molecule has 1 amide bonds. The number of hydrogen-bond donors (Lipinski definition) is 0. The van der Waals surface area contributed by atoms with Crippen LogP contribution < -0.4 is 4.74 Å². The Morgan fingerprint density at radius 3 is 2.85 bits per heavy atom. The van der Waals surface area contributed by atoms with Gasteiger partial charge in [-0.1, -0.05) is 18.2 Å². The van der Waals surface area contributed by atoms with Gasteiger partial charge in [0.25, 0.3) is 0 Å². The van der Waals surface area contributed by atoms with E-state index in [0.717, 1.165) is 48.6 Å². The van der Waals surface area contributed by atoms with Gasteiger partial charge in [0, 0.05) is 30.3 Å². The van der Waals surface area contributed by atoms with E-state index in [9.17, 15) is 4.79 Å². The van der Waals surface area contributed by atoms with Gasteiger partial charge in [-0.15, -0.1) is 0 Å². The van der Waals surface area contributed by atoms with E-state index in [1.165, 1.54) is 0 Å². The second kappa shape index (κ2) is 8.32. The second-order valence-electron chi connectivity index (χ2n) is 7.10. The molecule has 1 aromatic carbocycles. The van der Waals surface area contributed by atoms with Crippen molar-refractivity contribution in [3.05, 3.63) is 48.2 Å². The molecule has 2 heterocycles. The average Bonchev–Trinajstić information content (AvgIpc) is 2.68. The Labute approximate surface area is 155 Å². The Morgan fingerprint density at radius 1 is 1.27 bits per heavy atom. The van der Waals surface area contributed by atoms with E-state index in [1.807, 2.05) is 54.2 Å². The molecule has 3 rings (SSSR count). The molecule has 0 spiro atoms. The predicted molar refractivity (Wildman–Crippen MR) is 103 cm³/mol. The Bertz CT molecular complexity index is 760. The Kier molecular flexibility index (Phi) is 5.89. The van der Waals surface area contributed by atoms with Crippen LogP contribution in [0.1, 0.15) is 24.5 Å². The average molecular weight is 353 g/mol. The van der Waals surface area contributed by atoms with E-state index in [4.69, 9.17) is 9.72 Å². The molecular weight excluding hydrogens is 326 g/mol. The van der Waals surface area contributed by atoms with Gasteiger partial charge in [-0.05, 0) is 51.2 Å². The predicted octanol–water partition coefficient (Wildman–Crippen LogP) is 3.02. The number of piperidine rings is 1. The van der Waals surface area contributed by atoms with E-state index >= 15 is 0 Å². The maximum Gasteiger partial charge on any atom is 0.236 e. The molecule has 5 heteroatoms. The van der Waals surface area contributed by atoms with Gasteiger partial charge in [0.05, 0.1) is 19.3 Å². The number of amides is 1. The minimum atomic E-state index is 0.198. The fourth-order valence-electron chi connectivity index (χ4n) is 3.44. The molecule has 1 aliphatic heterocycles. The lowest BCUT2D eigenvalue weighted by molar-refractivity contribution is -0.133. The summed E-state index contributed by atoms with van der Waals surface area (Å²) in [4.78, 5) is 21.2. The van der Waals surface area contributed by atoms with Gasteiger partial charge in [0.2, 0.25) is 5.91 Å². The number of methoxy groups -OCH3 is 1. The summed E-state index contributed by atoms with van der Waals surface area (Å²) in [6.07, 6.45) is 2.09. The first-order chi connectivity index (χ1) is 12.6. The zero-order chi connectivity index (χ0) is 18.5. The number of likely N-dealkylation sites (tertiary alicyclic amines) is 1. The van der Waals surface area contributed by atoms with Gasteiger partial charge in [-0.3, -0.25) is 9.78 Å². The van der Waals surface area contributed by atoms with Gasteiger partial charge in [-0.2, -0.15) is 0 Å². The third-order valence-corrected chi connectivity index (χ3v) is 4.78. The summed E-state index contributed by atoms with van der Waals surface area (Å²) in [5.74, 6) is 1.32. The van der Waals surface area contributed by atoms with Crippen molar-refractivity contribution >= 4 is 5.91 Å². The summed E-state index contributed by atoms with van der Waals surface area (Å²) in [7, 11) is 5.53. The van der Waals surface area contributed by atoms with Crippen LogP contribution in [0.3, 0.4) is 0 Å². The standard InChI is InChI=1S/C21H27N3O2/c1-23(2)15-21(25)24-12-6-8-17(14-24)20-11-5-10-19(22-20)16-7-4-9-18(13-16)26-3/h4-5,7,9-11,13,17H,6,8,12,14-15H2,1-3H3. The van der Waals surface area contributed by atoms with Crippen LogP contribution in [0.15, 0.2) is 42.5 Å². The number of rotatable bonds is 5. The number of aromatic nitrogens is 1. The van der Waals surface area contributed by atoms with Crippen molar-refractivity contribution in [1.82, 2.24) is 14.8 Å². The highest BCUT2D eigenvalue weighted by atomic mass is 16.5. The molecule has 0 saturated carbocycles. The highest BCUT2D eigenvalue weighted by Crippen LogP contribution is 2.28. The van der Waals surface area contributed by atoms with Crippen LogP contribution in [0.2, 0.25) is 0 Å². The molecule has 1 atom stereocenters. The van der Waals surface area contributed by atoms with Crippen molar-refractivity contribution < 1.29 is 9.53 Å². The summed E-state index contributed by atoms with van der Waals surface area (Å²) in [5, 5.41) is 0. The maximum absolute atomic E-state index is 12.4. The third-order valence-electron chi connectivity index (χ3n) is 4.78. The van der Waals surface area contributed by atoms with Gasteiger partial charge in [-0.25, -0.2) is 0 Å². The molecule has 0 N–H and O–H groups in total. The molecule has 138 valence electrons. The Balaban J connectivity index is 1.78. The number of likely N-dealkylation sites (N-methyl/N-ethyl adjacent to an activating group) is 1. The zero-order valence-corrected chi connectivity index (χ0v) is 15.8. The van der Waals surface area contributed by atoms with Crippen molar-refractivity contribution in [1.29, 1.82) is 0 Å². The van der Waals surface area contributed by atoms with Gasteiger partial charge in [0.15, 0.2) is 0 Å². The largest absolute Gasteiger partial charge is 0.497 e. The first-order valence-corrected chi connectivity index (χ1v) is 9.10. The number of hydrogen-bond acceptors (Lipinski definition) is 4. The highest BCUT2D eigenvalue weighted by molar-refractivity contribution is 5.78. The van der Waals surface area contributed by atoms with Gasteiger partial charge >= 0.3 is 0 Å². The lowest BCUT2D eigenvalue weighted by Crippen LogP contribution is -2.43. The molecule has 0 bridgehead atoms. The van der Waals surface area contributed by atoms with Crippen LogP contribution in [0, 0.1) is 0 Å². The number of nitrogens with zero attached hydrogens (tertiary/aromatic N) is 3. The summed E-state index contributed by atoms with van der Waals surface area (Å²) in [6, 6.07) is 14.1. The number of benzene rings is 1. The van der Waals surface area contributed by atoms with Crippen molar-refractivity contribution in [2.45, 2.75) is 18.8 Å². The molecule has 5 nitrogen and oxygen atoms in total. The summed E-state index contributed by atoms with van der Waals surface area (Å²) in [5.41, 5.74) is 3.05. The number of carbonyl (C=O) groups excluding carboxylic acids is 1. The van der Waals surface area contributed by atoms with Crippen LogP contribution in [-0.2, 0) is 4.79 Å². The van der Waals surface area contributed by atoms with Crippen LogP contribution in [0.25, 0.3) is 11.3 Å². The van der Waals surface area contributed by atoms with Crippen molar-refractivity contribution in [3.8, 4) is 17.0 Å². The third kappa shape index (κ3) is 4.41. The first-order valence-electron chi connectivity index (χ1n) is 9.10. The molecule has 1 aliphatic rings. The molecule has 0 radical (unpaired) electrons. The minimum absolute atomic E-state index is 0.198. The second-order valence-corrected chi connectivity index (χ2v) is 7.10. The van der Waals surface area contributed by atoms with Crippen molar-refractivity contribution in [2.75, 3.05) is 40.8 Å². The molecule has 2 aromatic rings. The zero-order valence-electron chi connectivity index (χ0n) is 15.8. The highest BCUT2D eigenvalue weighted by Gasteiger charge is 2.25. The summed E-state index contributed by atoms with van der Waals surface area (Å²) >= 11 is 0. The van der Waals surface area contributed by atoms with E-state index in [-0.39, 0.29) is 5.91 Å². The topological polar surface area (TPSA) is 45.7 Å². The number of carbonyl (C=O) groups is 1. The first kappa shape index (κ1) is 18.4. The number of pyridine rings is 1. The SMILES string of the molecule is COc1cccc(-c2cccc(C3CCCN(C(=O)CN(C)C)C3)n2)c1. The van der Waals surface area contributed by atoms with Crippen molar-refractivity contribution in [3.63, 3.8) is 0 Å². The number of ether oxygens (including phenoxy) is 1. The normalized spacial score (nSPS) is 17.4. The molecule has 1 aromatic heterocycles. The Hall–Kier alpha value is -2.40. The van der Waals surface area contributed by atoms with Crippen molar-refractivity contribution in [2.24, 2.45) is 0 Å². The molecule has 1 fully saturated rings. The maximum atomic E-state index is 12.4. The van der Waals surface area contributed by atoms with E-state index in [0.29, 0.717) is 12.5 Å². The molecule has 1 unspecified atom stereocenters. The smallest absolute Gasteiger partial charge is 0.236 e. The van der Waals surface area contributed by atoms with Crippen LogP contribution >= 0.6 is 0 Å². The van der Waals surface area contributed by atoms with E-state index in [1.54, 1.807) is 7.11 Å². The molecular formula is C21H27N3O2. The molecule has 0 aliphatic carbocycles. The fraction of sp³-hybridized carbons (Fsp3) is 0.429. The van der Waals surface area contributed by atoms with Gasteiger partial charge < -0.3 is 14.5 Å². The van der Waals surface area contributed by atoms with E-state index < -0.39 is 0 Å². The van der Waals surface area contributed by atoms with Gasteiger partial charge in [0.1, 0.15) is 5.75 Å². The molecule has 1 saturated heterocycles. The quantitative estimate of drug-likeness (QED) is 0.829. The van der Waals surface area contributed by atoms with Crippen LogP contribution in [-0.4, -0.2) is 61.5 Å². The van der Waals surface area contributed by atoms with Crippen LogP contribution in [0.4, 0.5) is 0 Å². The monoisotopic (exact) mass is 353 g/mol. The summed E-state index contributed by atoms with van der Waals surface area (Å²) < 4.78 is 5.32. The lowest BCUT2D eigenvalue weighted by atomic mass is 9.93. The fourth-order valence-corrected chi connectivity index (χ4v) is 3.44. The Morgan fingerprint density at radius 2 is 2.08 bits per heavy atom. The van der Waals surface area contributed by atoms with Crippen LogP contribution in [0.5, 0.6) is 5.75 Å². The summed E-state index contributed by atoms with van der Waals surface area (Å²) in [6.45, 7) is 2.06. The lowest BCUT2D eigenvalue weighted by Gasteiger charge is -2.33. The minimum Gasteiger partial charge on any atom is -0.497 e.